The number of aromatic nitrogens is 2. The van der Waals surface area contributed by atoms with Crippen molar-refractivity contribution in [2.75, 3.05) is 0 Å². The summed E-state index contributed by atoms with van der Waals surface area (Å²) in [5.41, 5.74) is 5.47. The summed E-state index contributed by atoms with van der Waals surface area (Å²) >= 11 is 0. The van der Waals surface area contributed by atoms with Crippen LogP contribution in [0.25, 0.3) is 10.9 Å². The van der Waals surface area contributed by atoms with Gasteiger partial charge in [-0.2, -0.15) is 5.10 Å². The average molecular weight is 286 g/mol. The van der Waals surface area contributed by atoms with E-state index in [1.165, 1.54) is 35.9 Å². The Balaban J connectivity index is 1.89. The van der Waals surface area contributed by atoms with Gasteiger partial charge in [-0.15, -0.1) is 0 Å². The number of fused-ring (bicyclic) bond motifs is 1. The lowest BCUT2D eigenvalue weighted by Crippen LogP contribution is -2.43. The lowest BCUT2D eigenvalue weighted by atomic mass is 9.87. The molecule has 0 bridgehead atoms. The Kier molecular flexibility index (Phi) is 4.27. The Morgan fingerprint density at radius 2 is 2.19 bits per heavy atom. The van der Waals surface area contributed by atoms with Crippen molar-refractivity contribution >= 4 is 10.9 Å². The molecule has 1 aliphatic carbocycles. The van der Waals surface area contributed by atoms with Gasteiger partial charge in [0.05, 0.1) is 11.2 Å². The molecule has 3 rings (SSSR count). The first-order valence-corrected chi connectivity index (χ1v) is 8.15. The molecule has 0 radical (unpaired) electrons. The number of nitrogens with zero attached hydrogens (tertiary/aromatic N) is 2. The van der Waals surface area contributed by atoms with E-state index in [0.29, 0.717) is 12.0 Å². The smallest absolute Gasteiger partial charge is 0.0719 e. The summed E-state index contributed by atoms with van der Waals surface area (Å²) in [7, 11) is 0. The SMILES string of the molecule is CCn1nc(CC(NN)C2CCCC2C)c2ccccc21. The van der Waals surface area contributed by atoms with Crippen molar-refractivity contribution in [2.45, 2.75) is 52.1 Å². The zero-order valence-electron chi connectivity index (χ0n) is 13.0. The molecule has 3 atom stereocenters. The van der Waals surface area contributed by atoms with E-state index in [2.05, 4.69) is 48.2 Å². The van der Waals surface area contributed by atoms with Crippen molar-refractivity contribution in [3.8, 4) is 0 Å². The minimum Gasteiger partial charge on any atom is -0.271 e. The summed E-state index contributed by atoms with van der Waals surface area (Å²) in [6, 6.07) is 8.83. The van der Waals surface area contributed by atoms with Crippen molar-refractivity contribution in [1.29, 1.82) is 0 Å². The van der Waals surface area contributed by atoms with Gasteiger partial charge in [0.25, 0.3) is 0 Å². The monoisotopic (exact) mass is 286 g/mol. The summed E-state index contributed by atoms with van der Waals surface area (Å²) in [6.45, 7) is 5.40. The van der Waals surface area contributed by atoms with Gasteiger partial charge < -0.3 is 0 Å². The molecule has 21 heavy (non-hydrogen) atoms. The lowest BCUT2D eigenvalue weighted by Gasteiger charge is -2.25. The van der Waals surface area contributed by atoms with E-state index in [1.807, 2.05) is 0 Å². The summed E-state index contributed by atoms with van der Waals surface area (Å²) in [5.74, 6) is 7.28. The molecule has 1 saturated carbocycles. The van der Waals surface area contributed by atoms with E-state index in [0.717, 1.165) is 18.9 Å². The highest BCUT2D eigenvalue weighted by Crippen LogP contribution is 2.35. The fraction of sp³-hybridized carbons (Fsp3) is 0.588. The number of para-hydroxylation sites is 1. The molecule has 0 spiro atoms. The van der Waals surface area contributed by atoms with E-state index in [4.69, 9.17) is 10.9 Å². The second kappa shape index (κ2) is 6.16. The number of hydrogen-bond donors (Lipinski definition) is 2. The van der Waals surface area contributed by atoms with Crippen LogP contribution in [-0.4, -0.2) is 15.8 Å². The number of rotatable bonds is 5. The van der Waals surface area contributed by atoms with E-state index in [9.17, 15) is 0 Å². The summed E-state index contributed by atoms with van der Waals surface area (Å²) in [5, 5.41) is 6.08. The van der Waals surface area contributed by atoms with Gasteiger partial charge in [-0.3, -0.25) is 16.0 Å². The van der Waals surface area contributed by atoms with Gasteiger partial charge >= 0.3 is 0 Å². The Labute approximate surface area is 126 Å². The third kappa shape index (κ3) is 2.70. The Morgan fingerprint density at radius 1 is 1.38 bits per heavy atom. The maximum absolute atomic E-state index is 5.86. The standard InChI is InChI=1S/C17H26N4/c1-3-21-17-10-5-4-8-14(17)16(20-21)11-15(19-18)13-9-6-7-12(13)2/h4-5,8,10,12-13,15,19H,3,6-7,9,11,18H2,1-2H3. The molecule has 3 unspecified atom stereocenters. The molecule has 1 fully saturated rings. The van der Waals surface area contributed by atoms with Crippen LogP contribution in [0.3, 0.4) is 0 Å². The average Bonchev–Trinajstić information content (AvgIpc) is 3.09. The highest BCUT2D eigenvalue weighted by atomic mass is 15.3. The Morgan fingerprint density at radius 3 is 2.86 bits per heavy atom. The summed E-state index contributed by atoms with van der Waals surface area (Å²) in [4.78, 5) is 0. The summed E-state index contributed by atoms with van der Waals surface area (Å²) in [6.07, 6.45) is 4.85. The van der Waals surface area contributed by atoms with Crippen molar-refractivity contribution in [3.63, 3.8) is 0 Å². The minimum atomic E-state index is 0.325. The van der Waals surface area contributed by atoms with Crippen LogP contribution in [0.2, 0.25) is 0 Å². The topological polar surface area (TPSA) is 55.9 Å². The van der Waals surface area contributed by atoms with Crippen LogP contribution in [0.15, 0.2) is 24.3 Å². The highest BCUT2D eigenvalue weighted by Gasteiger charge is 2.31. The fourth-order valence-electron chi connectivity index (χ4n) is 3.90. The predicted molar refractivity (Wildman–Crippen MR) is 86.7 cm³/mol. The molecule has 0 aliphatic heterocycles. The first-order valence-electron chi connectivity index (χ1n) is 8.15. The van der Waals surface area contributed by atoms with Gasteiger partial charge in [0.15, 0.2) is 0 Å². The zero-order chi connectivity index (χ0) is 14.8. The predicted octanol–water partition coefficient (Wildman–Crippen LogP) is 2.87. The maximum atomic E-state index is 5.86. The van der Waals surface area contributed by atoms with Crippen LogP contribution >= 0.6 is 0 Å². The number of hydrazine groups is 1. The van der Waals surface area contributed by atoms with Crippen LogP contribution < -0.4 is 11.3 Å². The van der Waals surface area contributed by atoms with Crippen LogP contribution in [0.1, 0.15) is 38.8 Å². The molecule has 4 nitrogen and oxygen atoms in total. The molecule has 3 N–H and O–H groups in total. The maximum Gasteiger partial charge on any atom is 0.0719 e. The van der Waals surface area contributed by atoms with Crippen molar-refractivity contribution < 1.29 is 0 Å². The van der Waals surface area contributed by atoms with Gasteiger partial charge in [0, 0.05) is 24.4 Å². The van der Waals surface area contributed by atoms with Crippen molar-refractivity contribution in [1.82, 2.24) is 15.2 Å². The minimum absolute atomic E-state index is 0.325. The molecule has 1 aromatic carbocycles. The van der Waals surface area contributed by atoms with Gasteiger partial charge in [0.2, 0.25) is 0 Å². The molecule has 0 amide bonds. The second-order valence-electron chi connectivity index (χ2n) is 6.33. The van der Waals surface area contributed by atoms with Crippen molar-refractivity contribution in [2.24, 2.45) is 17.7 Å². The van der Waals surface area contributed by atoms with Crippen molar-refractivity contribution in [3.05, 3.63) is 30.0 Å². The first-order chi connectivity index (χ1) is 10.2. The van der Waals surface area contributed by atoms with Gasteiger partial charge in [-0.05, 0) is 31.2 Å². The molecule has 4 heteroatoms. The number of benzene rings is 1. The van der Waals surface area contributed by atoms with Gasteiger partial charge in [0.1, 0.15) is 0 Å². The van der Waals surface area contributed by atoms with E-state index >= 15 is 0 Å². The second-order valence-corrected chi connectivity index (χ2v) is 6.33. The molecular weight excluding hydrogens is 260 g/mol. The fourth-order valence-corrected chi connectivity index (χ4v) is 3.90. The number of nitrogens with one attached hydrogen (secondary N) is 1. The Bertz CT molecular complexity index is 604. The van der Waals surface area contributed by atoms with Gasteiger partial charge in [-0.1, -0.05) is 38.0 Å². The number of nitrogens with two attached hydrogens (primary N) is 1. The van der Waals surface area contributed by atoms with Gasteiger partial charge in [-0.25, -0.2) is 0 Å². The largest absolute Gasteiger partial charge is 0.271 e. The first kappa shape index (κ1) is 14.5. The molecule has 114 valence electrons. The normalized spacial score (nSPS) is 23.8. The molecule has 1 heterocycles. The highest BCUT2D eigenvalue weighted by molar-refractivity contribution is 5.82. The third-order valence-corrected chi connectivity index (χ3v) is 5.11. The molecule has 1 aromatic heterocycles. The third-order valence-electron chi connectivity index (χ3n) is 5.11. The van der Waals surface area contributed by atoms with Crippen LogP contribution in [0, 0.1) is 11.8 Å². The lowest BCUT2D eigenvalue weighted by molar-refractivity contribution is 0.296. The molecule has 2 aromatic rings. The molecule has 0 saturated heterocycles. The van der Waals surface area contributed by atoms with Crippen LogP contribution in [0.5, 0.6) is 0 Å². The van der Waals surface area contributed by atoms with Crippen LogP contribution in [-0.2, 0) is 13.0 Å². The van der Waals surface area contributed by atoms with E-state index in [1.54, 1.807) is 0 Å². The number of aryl methyl sites for hydroxylation is 1. The quantitative estimate of drug-likeness (QED) is 0.656. The van der Waals surface area contributed by atoms with E-state index < -0.39 is 0 Å². The zero-order valence-corrected chi connectivity index (χ0v) is 13.0. The molecule has 1 aliphatic rings. The Hall–Kier alpha value is -1.39. The van der Waals surface area contributed by atoms with Crippen LogP contribution in [0.4, 0.5) is 0 Å². The molecular formula is C17H26N4. The van der Waals surface area contributed by atoms with E-state index in [-0.39, 0.29) is 0 Å². The number of hydrogen-bond acceptors (Lipinski definition) is 3. The summed E-state index contributed by atoms with van der Waals surface area (Å²) < 4.78 is 2.09.